The van der Waals surface area contributed by atoms with E-state index in [9.17, 15) is 9.65 Å². The van der Waals surface area contributed by atoms with Gasteiger partial charge in [-0.2, -0.15) is 5.26 Å². The highest BCUT2D eigenvalue weighted by atomic mass is 19.1. The van der Waals surface area contributed by atoms with E-state index in [1.165, 1.54) is 12.1 Å². The fourth-order valence-corrected chi connectivity index (χ4v) is 4.35. The molecule has 31 heavy (non-hydrogen) atoms. The molecule has 1 aromatic carbocycles. The first-order chi connectivity index (χ1) is 15.0. The van der Waals surface area contributed by atoms with Crippen LogP contribution >= 0.6 is 0 Å². The molecule has 3 aromatic heterocycles. The number of nitrogens with one attached hydrogen (secondary N) is 1. The van der Waals surface area contributed by atoms with Crippen molar-refractivity contribution in [1.29, 1.82) is 5.26 Å². The lowest BCUT2D eigenvalue weighted by Gasteiger charge is -2.24. The first-order valence-corrected chi connectivity index (χ1v) is 10.3. The van der Waals surface area contributed by atoms with E-state index >= 15 is 0 Å². The molecule has 1 fully saturated rings. The highest BCUT2D eigenvalue weighted by molar-refractivity contribution is 5.91. The van der Waals surface area contributed by atoms with Gasteiger partial charge in [0.1, 0.15) is 23.4 Å². The maximum absolute atomic E-state index is 13.9. The number of hydrogen-bond acceptors (Lipinski definition) is 5. The predicted molar refractivity (Wildman–Crippen MR) is 118 cm³/mol. The summed E-state index contributed by atoms with van der Waals surface area (Å²) in [5.41, 5.74) is 6.24. The Hall–Kier alpha value is -3.79. The van der Waals surface area contributed by atoms with Crippen molar-refractivity contribution < 1.29 is 4.39 Å². The summed E-state index contributed by atoms with van der Waals surface area (Å²) in [6.45, 7) is 5.95. The molecule has 4 aromatic rings. The molecule has 5 rings (SSSR count). The van der Waals surface area contributed by atoms with Crippen LogP contribution in [0.4, 0.5) is 10.1 Å². The summed E-state index contributed by atoms with van der Waals surface area (Å²) in [5, 5.41) is 9.30. The lowest BCUT2D eigenvalue weighted by Crippen LogP contribution is -2.21. The number of fused-ring (bicyclic) bond motifs is 1. The molecule has 0 amide bonds. The van der Waals surface area contributed by atoms with Crippen LogP contribution in [0.1, 0.15) is 24.6 Å². The lowest BCUT2D eigenvalue weighted by molar-refractivity contribution is 0.628. The van der Waals surface area contributed by atoms with Crippen LogP contribution in [0.2, 0.25) is 0 Å². The van der Waals surface area contributed by atoms with Gasteiger partial charge in [-0.1, -0.05) is 6.92 Å². The van der Waals surface area contributed by atoms with Crippen LogP contribution in [0.5, 0.6) is 0 Å². The van der Waals surface area contributed by atoms with Gasteiger partial charge in [0.15, 0.2) is 0 Å². The molecule has 0 bridgehead atoms. The number of rotatable bonds is 3. The molecule has 0 aliphatic carbocycles. The van der Waals surface area contributed by atoms with Crippen LogP contribution in [0, 0.1) is 30.0 Å². The van der Waals surface area contributed by atoms with Crippen molar-refractivity contribution in [2.75, 3.05) is 18.0 Å². The third-order valence-corrected chi connectivity index (χ3v) is 5.84. The van der Waals surface area contributed by atoms with Gasteiger partial charge in [0.05, 0.1) is 22.3 Å². The largest absolute Gasteiger partial charge is 0.370 e. The van der Waals surface area contributed by atoms with E-state index < -0.39 is 0 Å². The summed E-state index contributed by atoms with van der Waals surface area (Å²) in [7, 11) is 0. The fourth-order valence-electron chi connectivity index (χ4n) is 4.35. The van der Waals surface area contributed by atoms with Crippen LogP contribution < -0.4 is 4.90 Å². The molecule has 0 radical (unpaired) electrons. The summed E-state index contributed by atoms with van der Waals surface area (Å²) in [6, 6.07) is 8.74. The number of aromatic amines is 1. The maximum Gasteiger partial charge on any atom is 0.142 e. The van der Waals surface area contributed by atoms with Crippen molar-refractivity contribution in [1.82, 2.24) is 19.9 Å². The Labute approximate surface area is 179 Å². The summed E-state index contributed by atoms with van der Waals surface area (Å²) >= 11 is 0. The number of imidazole rings is 1. The summed E-state index contributed by atoms with van der Waals surface area (Å²) < 4.78 is 13.9. The number of anilines is 1. The number of pyridine rings is 2. The van der Waals surface area contributed by atoms with E-state index in [-0.39, 0.29) is 5.82 Å². The molecule has 7 heteroatoms. The van der Waals surface area contributed by atoms with Gasteiger partial charge in [-0.25, -0.2) is 14.4 Å². The van der Waals surface area contributed by atoms with Crippen molar-refractivity contribution >= 4 is 16.7 Å². The number of nitriles is 1. The predicted octanol–water partition coefficient (Wildman–Crippen LogP) is 4.85. The highest BCUT2D eigenvalue weighted by Gasteiger charge is 2.26. The molecule has 0 spiro atoms. The molecular formula is C24H21FN6. The molecule has 1 N–H and O–H groups in total. The molecule has 0 saturated carbocycles. The van der Waals surface area contributed by atoms with Gasteiger partial charge in [-0.05, 0) is 54.7 Å². The number of nitrogens with zero attached hydrogens (tertiary/aromatic N) is 5. The van der Waals surface area contributed by atoms with Crippen molar-refractivity contribution in [2.45, 2.75) is 20.3 Å². The van der Waals surface area contributed by atoms with Crippen molar-refractivity contribution in [3.8, 4) is 28.6 Å². The Morgan fingerprint density at radius 3 is 2.84 bits per heavy atom. The van der Waals surface area contributed by atoms with Gasteiger partial charge in [-0.3, -0.25) is 4.98 Å². The second kappa shape index (κ2) is 7.47. The Kier molecular flexibility index (Phi) is 4.63. The molecule has 1 unspecified atom stereocenters. The number of aromatic nitrogens is 4. The monoisotopic (exact) mass is 412 g/mol. The Balaban J connectivity index is 1.74. The average molecular weight is 412 g/mol. The number of benzene rings is 1. The summed E-state index contributed by atoms with van der Waals surface area (Å²) in [5.74, 6) is 0.941. The lowest BCUT2D eigenvalue weighted by atomic mass is 10.0. The molecule has 1 aliphatic heterocycles. The van der Waals surface area contributed by atoms with E-state index in [4.69, 9.17) is 4.98 Å². The van der Waals surface area contributed by atoms with E-state index in [1.54, 1.807) is 18.5 Å². The van der Waals surface area contributed by atoms with Crippen LogP contribution in [-0.4, -0.2) is 33.0 Å². The standard InChI is InChI=1S/C24H21FN6/c1-14-4-6-31(13-14)23-19(16-3-5-28-18(8-16)10-26)11-27-12-20(23)24-29-21-9-17(25)7-15(2)22(21)30-24/h3,5,7-9,11-12,14H,4,6,13H2,1-2H3,(H,29,30). The van der Waals surface area contributed by atoms with Gasteiger partial charge < -0.3 is 9.88 Å². The SMILES string of the molecule is Cc1cc(F)cc2[nH]c(-c3cncc(-c4ccnc(C#N)c4)c3N3CCC(C)C3)nc12. The third kappa shape index (κ3) is 3.40. The summed E-state index contributed by atoms with van der Waals surface area (Å²) in [4.78, 5) is 19.0. The summed E-state index contributed by atoms with van der Waals surface area (Å²) in [6.07, 6.45) is 6.37. The molecule has 154 valence electrons. The van der Waals surface area contributed by atoms with E-state index in [0.29, 0.717) is 23.0 Å². The van der Waals surface area contributed by atoms with Crippen LogP contribution in [0.15, 0.2) is 42.9 Å². The maximum atomic E-state index is 13.9. The first-order valence-electron chi connectivity index (χ1n) is 10.3. The Morgan fingerprint density at radius 1 is 1.23 bits per heavy atom. The number of hydrogen-bond donors (Lipinski definition) is 1. The second-order valence-corrected chi connectivity index (χ2v) is 8.17. The van der Waals surface area contributed by atoms with Gasteiger partial charge >= 0.3 is 0 Å². The number of aryl methyl sites for hydroxylation is 1. The van der Waals surface area contributed by atoms with E-state index in [2.05, 4.69) is 32.8 Å². The van der Waals surface area contributed by atoms with Gasteiger partial charge in [-0.15, -0.1) is 0 Å². The zero-order valence-electron chi connectivity index (χ0n) is 17.4. The van der Waals surface area contributed by atoms with E-state index in [1.807, 2.05) is 19.2 Å². The molecule has 4 heterocycles. The van der Waals surface area contributed by atoms with Gasteiger partial charge in [0, 0.05) is 37.2 Å². The van der Waals surface area contributed by atoms with Crippen LogP contribution in [0.3, 0.4) is 0 Å². The number of halogens is 1. The Bertz CT molecular complexity index is 1340. The number of H-pyrrole nitrogens is 1. The fraction of sp³-hybridized carbons (Fsp3) is 0.250. The third-order valence-electron chi connectivity index (χ3n) is 5.84. The molecule has 1 aliphatic rings. The van der Waals surface area contributed by atoms with Crippen LogP contribution in [0.25, 0.3) is 33.5 Å². The normalized spacial score (nSPS) is 16.1. The second-order valence-electron chi connectivity index (χ2n) is 8.17. The quantitative estimate of drug-likeness (QED) is 0.520. The topological polar surface area (TPSA) is 81.5 Å². The van der Waals surface area contributed by atoms with Gasteiger partial charge in [0.2, 0.25) is 0 Å². The zero-order valence-corrected chi connectivity index (χ0v) is 17.4. The highest BCUT2D eigenvalue weighted by Crippen LogP contribution is 2.40. The van der Waals surface area contributed by atoms with Crippen molar-refractivity contribution in [3.63, 3.8) is 0 Å². The molecule has 1 atom stereocenters. The van der Waals surface area contributed by atoms with E-state index in [0.717, 1.165) is 53.0 Å². The average Bonchev–Trinajstić information content (AvgIpc) is 3.39. The minimum Gasteiger partial charge on any atom is -0.370 e. The minimum atomic E-state index is -0.290. The zero-order chi connectivity index (χ0) is 21.5. The Morgan fingerprint density at radius 2 is 2.06 bits per heavy atom. The first kappa shape index (κ1) is 19.2. The van der Waals surface area contributed by atoms with Crippen molar-refractivity contribution in [3.05, 3.63) is 59.9 Å². The molecule has 6 nitrogen and oxygen atoms in total. The van der Waals surface area contributed by atoms with Crippen LogP contribution in [-0.2, 0) is 0 Å². The minimum absolute atomic E-state index is 0.290. The molecule has 1 saturated heterocycles. The van der Waals surface area contributed by atoms with Crippen molar-refractivity contribution in [2.24, 2.45) is 5.92 Å². The molecular weight excluding hydrogens is 391 g/mol. The smallest absolute Gasteiger partial charge is 0.142 e. The van der Waals surface area contributed by atoms with Gasteiger partial charge in [0.25, 0.3) is 0 Å².